The van der Waals surface area contributed by atoms with Gasteiger partial charge >= 0.3 is 0 Å². The van der Waals surface area contributed by atoms with E-state index in [1.54, 1.807) is 18.3 Å². The molecule has 0 unspecified atom stereocenters. The lowest BCUT2D eigenvalue weighted by molar-refractivity contribution is 0.0928. The maximum atomic E-state index is 12.5. The minimum absolute atomic E-state index is 0.0208. The Hall–Kier alpha value is -1.81. The largest absolute Gasteiger partial charge is 0.342 e. The van der Waals surface area contributed by atoms with Crippen LogP contribution in [0.5, 0.6) is 0 Å². The molecule has 0 saturated heterocycles. The highest BCUT2D eigenvalue weighted by atomic mass is 35.5. The number of amides is 1. The number of carbonyl (C=O) groups excluding carboxylic acids is 1. The van der Waals surface area contributed by atoms with E-state index in [1.165, 1.54) is 0 Å². The van der Waals surface area contributed by atoms with Gasteiger partial charge in [0.15, 0.2) is 0 Å². The number of aromatic nitrogens is 2. The number of nitrogens with one attached hydrogen (secondary N) is 1. The lowest BCUT2D eigenvalue weighted by atomic mass is 10.1. The number of hydrogen-bond donors (Lipinski definition) is 1. The zero-order valence-corrected chi connectivity index (χ0v) is 12.9. The number of rotatable bonds is 4. The van der Waals surface area contributed by atoms with Gasteiger partial charge in [0, 0.05) is 30.0 Å². The molecule has 1 fully saturated rings. The predicted molar refractivity (Wildman–Crippen MR) is 82.3 cm³/mol. The summed E-state index contributed by atoms with van der Waals surface area (Å²) in [6, 6.07) is 5.31. The zero-order valence-electron chi connectivity index (χ0n) is 12.1. The molecule has 1 atom stereocenters. The van der Waals surface area contributed by atoms with Crippen LogP contribution in [0.3, 0.4) is 0 Å². The number of aryl methyl sites for hydroxylation is 2. The molecule has 1 aromatic carbocycles. The molecule has 5 heteroatoms. The molecule has 0 aliphatic heterocycles. The van der Waals surface area contributed by atoms with Crippen molar-refractivity contribution in [2.45, 2.75) is 25.8 Å². The minimum Gasteiger partial charge on any atom is -0.342 e. The summed E-state index contributed by atoms with van der Waals surface area (Å²) in [7, 11) is 1.96. The highest BCUT2D eigenvalue weighted by Crippen LogP contribution is 2.40. The lowest BCUT2D eigenvalue weighted by Crippen LogP contribution is -2.32. The second-order valence-electron chi connectivity index (χ2n) is 5.64. The third kappa shape index (κ3) is 2.95. The topological polar surface area (TPSA) is 46.9 Å². The van der Waals surface area contributed by atoms with Gasteiger partial charge < -0.3 is 9.88 Å². The van der Waals surface area contributed by atoms with Gasteiger partial charge in [-0.2, -0.15) is 0 Å². The smallest absolute Gasteiger partial charge is 0.252 e. The van der Waals surface area contributed by atoms with Crippen molar-refractivity contribution >= 4 is 17.5 Å². The van der Waals surface area contributed by atoms with E-state index in [1.807, 2.05) is 30.8 Å². The molecule has 4 nitrogen and oxygen atoms in total. The van der Waals surface area contributed by atoms with E-state index in [2.05, 4.69) is 10.3 Å². The van der Waals surface area contributed by atoms with Crippen LogP contribution in [0.25, 0.3) is 0 Å². The van der Waals surface area contributed by atoms with Crippen molar-refractivity contribution < 1.29 is 4.79 Å². The Bertz CT molecular complexity index is 676. The number of benzene rings is 1. The molecular formula is C16H18ClN3O. The summed E-state index contributed by atoms with van der Waals surface area (Å²) < 4.78 is 1.97. The summed E-state index contributed by atoms with van der Waals surface area (Å²) in [5.74, 6) is 1.34. The van der Waals surface area contributed by atoms with E-state index < -0.39 is 0 Å². The molecule has 21 heavy (non-hydrogen) atoms. The van der Waals surface area contributed by atoms with Crippen LogP contribution in [-0.4, -0.2) is 15.5 Å². The Morgan fingerprint density at radius 2 is 2.24 bits per heavy atom. The molecule has 1 aliphatic rings. The van der Waals surface area contributed by atoms with Crippen LogP contribution in [0.4, 0.5) is 0 Å². The lowest BCUT2D eigenvalue weighted by Gasteiger charge is -2.19. The summed E-state index contributed by atoms with van der Waals surface area (Å²) in [4.78, 5) is 16.9. The van der Waals surface area contributed by atoms with Crippen LogP contribution in [0.15, 0.2) is 30.6 Å². The van der Waals surface area contributed by atoms with Gasteiger partial charge in [-0.3, -0.25) is 4.79 Å². The van der Waals surface area contributed by atoms with Gasteiger partial charge in [-0.05, 0) is 49.4 Å². The average molecular weight is 304 g/mol. The van der Waals surface area contributed by atoms with Crippen LogP contribution in [0.2, 0.25) is 5.02 Å². The van der Waals surface area contributed by atoms with Gasteiger partial charge in [-0.15, -0.1) is 0 Å². The van der Waals surface area contributed by atoms with E-state index in [9.17, 15) is 4.79 Å². The molecular weight excluding hydrogens is 286 g/mol. The fraction of sp³-hybridized carbons (Fsp3) is 0.375. The van der Waals surface area contributed by atoms with Crippen molar-refractivity contribution in [3.63, 3.8) is 0 Å². The average Bonchev–Trinajstić information content (AvgIpc) is 3.18. The third-order valence-electron chi connectivity index (χ3n) is 3.95. The molecule has 0 spiro atoms. The molecule has 2 aromatic rings. The number of hydrogen-bond acceptors (Lipinski definition) is 2. The highest BCUT2D eigenvalue weighted by Gasteiger charge is 2.35. The first-order chi connectivity index (χ1) is 10.1. The van der Waals surface area contributed by atoms with E-state index in [-0.39, 0.29) is 11.9 Å². The van der Waals surface area contributed by atoms with Gasteiger partial charge in [0.05, 0.1) is 6.04 Å². The van der Waals surface area contributed by atoms with Crippen molar-refractivity contribution in [2.24, 2.45) is 13.0 Å². The van der Waals surface area contributed by atoms with Crippen LogP contribution < -0.4 is 5.32 Å². The predicted octanol–water partition coefficient (Wildman–Crippen LogP) is 3.26. The molecule has 1 amide bonds. The van der Waals surface area contributed by atoms with Crippen molar-refractivity contribution in [3.8, 4) is 0 Å². The third-order valence-corrected chi connectivity index (χ3v) is 4.18. The van der Waals surface area contributed by atoms with Crippen LogP contribution in [-0.2, 0) is 7.05 Å². The Kier molecular flexibility index (Phi) is 3.72. The van der Waals surface area contributed by atoms with Gasteiger partial charge in [0.25, 0.3) is 5.91 Å². The molecule has 1 N–H and O–H groups in total. The summed E-state index contributed by atoms with van der Waals surface area (Å²) >= 11 is 5.94. The van der Waals surface area contributed by atoms with Crippen molar-refractivity contribution in [3.05, 3.63) is 52.6 Å². The maximum absolute atomic E-state index is 12.5. The van der Waals surface area contributed by atoms with Crippen LogP contribution in [0, 0.1) is 12.8 Å². The molecule has 3 rings (SSSR count). The SMILES string of the molecule is Cc1cc(Cl)ccc1C(=O)N[C@H](c1nccn1C)C1CC1. The molecule has 1 saturated carbocycles. The van der Waals surface area contributed by atoms with E-state index in [4.69, 9.17) is 11.6 Å². The van der Waals surface area contributed by atoms with Gasteiger partial charge in [0.2, 0.25) is 0 Å². The minimum atomic E-state index is -0.0657. The molecule has 0 radical (unpaired) electrons. The molecule has 0 bridgehead atoms. The summed E-state index contributed by atoms with van der Waals surface area (Å²) in [5.41, 5.74) is 1.55. The Morgan fingerprint density at radius 3 is 2.81 bits per heavy atom. The second kappa shape index (κ2) is 5.53. The molecule has 1 aliphatic carbocycles. The number of halogens is 1. The number of imidazole rings is 1. The summed E-state index contributed by atoms with van der Waals surface area (Å²) in [6.07, 6.45) is 5.95. The maximum Gasteiger partial charge on any atom is 0.252 e. The first-order valence-corrected chi connectivity index (χ1v) is 7.48. The summed E-state index contributed by atoms with van der Waals surface area (Å²) in [6.45, 7) is 1.90. The van der Waals surface area contributed by atoms with Crippen LogP contribution in [0.1, 0.15) is 40.6 Å². The normalized spacial score (nSPS) is 15.8. The molecule has 110 valence electrons. The number of nitrogens with zero attached hydrogens (tertiary/aromatic N) is 2. The zero-order chi connectivity index (χ0) is 15.0. The van der Waals surface area contributed by atoms with E-state index in [0.29, 0.717) is 16.5 Å². The van der Waals surface area contributed by atoms with Crippen molar-refractivity contribution in [1.29, 1.82) is 0 Å². The van der Waals surface area contributed by atoms with Crippen LogP contribution >= 0.6 is 11.6 Å². The van der Waals surface area contributed by atoms with Gasteiger partial charge in [-0.25, -0.2) is 4.98 Å². The van der Waals surface area contributed by atoms with E-state index in [0.717, 1.165) is 24.2 Å². The quantitative estimate of drug-likeness (QED) is 0.942. The summed E-state index contributed by atoms with van der Waals surface area (Å²) in [5, 5.41) is 3.78. The van der Waals surface area contributed by atoms with Crippen molar-refractivity contribution in [1.82, 2.24) is 14.9 Å². The Balaban J connectivity index is 1.83. The fourth-order valence-electron chi connectivity index (χ4n) is 2.60. The van der Waals surface area contributed by atoms with Gasteiger partial charge in [0.1, 0.15) is 5.82 Å². The fourth-order valence-corrected chi connectivity index (χ4v) is 2.83. The Labute approximate surface area is 129 Å². The number of carbonyl (C=O) groups is 1. The van der Waals surface area contributed by atoms with E-state index >= 15 is 0 Å². The van der Waals surface area contributed by atoms with Gasteiger partial charge in [-0.1, -0.05) is 11.6 Å². The highest BCUT2D eigenvalue weighted by molar-refractivity contribution is 6.30. The first-order valence-electron chi connectivity index (χ1n) is 7.10. The second-order valence-corrected chi connectivity index (χ2v) is 6.08. The molecule has 1 aromatic heterocycles. The standard InChI is InChI=1S/C16H18ClN3O/c1-10-9-12(17)5-6-13(10)16(21)19-14(11-3-4-11)15-18-7-8-20(15)2/h5-9,11,14H,3-4H2,1-2H3,(H,19,21)/t14-/m0/s1. The first kappa shape index (κ1) is 14.1. The Morgan fingerprint density at radius 1 is 1.48 bits per heavy atom. The molecule has 1 heterocycles. The van der Waals surface area contributed by atoms with Crippen molar-refractivity contribution in [2.75, 3.05) is 0 Å². The monoisotopic (exact) mass is 303 g/mol.